The SMILES string of the molecule is CCN(c1ccc(C)cc1)c1ncccc1CNC(C)C. The quantitative estimate of drug-likeness (QED) is 0.867. The predicted octanol–water partition coefficient (Wildman–Crippen LogP) is 4.05. The summed E-state index contributed by atoms with van der Waals surface area (Å²) in [7, 11) is 0. The van der Waals surface area contributed by atoms with Gasteiger partial charge in [0.2, 0.25) is 0 Å². The number of hydrogen-bond donors (Lipinski definition) is 1. The molecule has 0 radical (unpaired) electrons. The molecule has 2 aromatic rings. The van der Waals surface area contributed by atoms with Crippen LogP contribution in [0, 0.1) is 6.92 Å². The van der Waals surface area contributed by atoms with E-state index in [0.29, 0.717) is 6.04 Å². The molecule has 0 atom stereocenters. The Kier molecular flexibility index (Phi) is 5.34. The number of aryl methyl sites for hydroxylation is 1. The second-order valence-corrected chi connectivity index (χ2v) is 5.60. The number of anilines is 2. The molecule has 3 heteroatoms. The topological polar surface area (TPSA) is 28.2 Å². The minimum Gasteiger partial charge on any atom is -0.326 e. The average Bonchev–Trinajstić information content (AvgIpc) is 2.49. The Labute approximate surface area is 128 Å². The molecule has 2 rings (SSSR count). The van der Waals surface area contributed by atoms with Crippen molar-refractivity contribution in [2.45, 2.75) is 40.3 Å². The molecule has 3 nitrogen and oxygen atoms in total. The van der Waals surface area contributed by atoms with Gasteiger partial charge in [0.25, 0.3) is 0 Å². The zero-order valence-corrected chi connectivity index (χ0v) is 13.4. The second kappa shape index (κ2) is 7.23. The summed E-state index contributed by atoms with van der Waals surface area (Å²) in [5.74, 6) is 1.04. The van der Waals surface area contributed by atoms with Crippen molar-refractivity contribution < 1.29 is 0 Å². The van der Waals surface area contributed by atoms with E-state index in [-0.39, 0.29) is 0 Å². The number of pyridine rings is 1. The molecule has 1 aromatic carbocycles. The summed E-state index contributed by atoms with van der Waals surface area (Å²) in [5.41, 5.74) is 3.69. The van der Waals surface area contributed by atoms with Gasteiger partial charge in [-0.25, -0.2) is 4.98 Å². The number of nitrogens with one attached hydrogen (secondary N) is 1. The van der Waals surface area contributed by atoms with E-state index in [2.05, 4.69) is 73.2 Å². The zero-order chi connectivity index (χ0) is 15.2. The Balaban J connectivity index is 2.31. The first kappa shape index (κ1) is 15.5. The van der Waals surface area contributed by atoms with Crippen molar-refractivity contribution in [1.82, 2.24) is 10.3 Å². The van der Waals surface area contributed by atoms with Crippen LogP contribution in [-0.4, -0.2) is 17.6 Å². The van der Waals surface area contributed by atoms with Crippen molar-refractivity contribution in [2.24, 2.45) is 0 Å². The van der Waals surface area contributed by atoms with Crippen LogP contribution in [-0.2, 0) is 6.54 Å². The van der Waals surface area contributed by atoms with Gasteiger partial charge in [-0.05, 0) is 32.0 Å². The lowest BCUT2D eigenvalue weighted by Gasteiger charge is -2.25. The first-order valence-electron chi connectivity index (χ1n) is 7.63. The monoisotopic (exact) mass is 283 g/mol. The molecule has 112 valence electrons. The Morgan fingerprint density at radius 1 is 1.14 bits per heavy atom. The molecule has 0 amide bonds. The van der Waals surface area contributed by atoms with E-state index in [1.165, 1.54) is 16.8 Å². The van der Waals surface area contributed by atoms with Gasteiger partial charge >= 0.3 is 0 Å². The van der Waals surface area contributed by atoms with Crippen LogP contribution < -0.4 is 10.2 Å². The van der Waals surface area contributed by atoms with Gasteiger partial charge in [-0.15, -0.1) is 0 Å². The minimum absolute atomic E-state index is 0.465. The number of rotatable bonds is 6. The zero-order valence-electron chi connectivity index (χ0n) is 13.4. The maximum atomic E-state index is 4.61. The van der Waals surface area contributed by atoms with E-state index in [1.807, 2.05) is 12.3 Å². The molecule has 1 heterocycles. The average molecular weight is 283 g/mol. The van der Waals surface area contributed by atoms with Crippen molar-refractivity contribution in [1.29, 1.82) is 0 Å². The molecular weight excluding hydrogens is 258 g/mol. The molecule has 0 aliphatic carbocycles. The molecule has 0 spiro atoms. The first-order valence-corrected chi connectivity index (χ1v) is 7.63. The third-order valence-corrected chi connectivity index (χ3v) is 3.49. The molecule has 0 saturated heterocycles. The third kappa shape index (κ3) is 4.05. The molecule has 0 fully saturated rings. The van der Waals surface area contributed by atoms with Crippen LogP contribution in [0.25, 0.3) is 0 Å². The van der Waals surface area contributed by atoms with Crippen molar-refractivity contribution in [3.8, 4) is 0 Å². The Morgan fingerprint density at radius 3 is 2.48 bits per heavy atom. The predicted molar refractivity (Wildman–Crippen MR) is 90.1 cm³/mol. The standard InChI is InChI=1S/C18H25N3/c1-5-21(17-10-8-15(4)9-11-17)18-16(7-6-12-19-18)13-20-14(2)3/h6-12,14,20H,5,13H2,1-4H3. The van der Waals surface area contributed by atoms with Gasteiger partial charge in [-0.2, -0.15) is 0 Å². The lowest BCUT2D eigenvalue weighted by Crippen LogP contribution is -2.25. The molecular formula is C18H25N3. The van der Waals surface area contributed by atoms with Gasteiger partial charge in [0.05, 0.1) is 0 Å². The lowest BCUT2D eigenvalue weighted by molar-refractivity contribution is 0.588. The number of nitrogens with zero attached hydrogens (tertiary/aromatic N) is 2. The maximum Gasteiger partial charge on any atom is 0.137 e. The van der Waals surface area contributed by atoms with Crippen molar-refractivity contribution in [2.75, 3.05) is 11.4 Å². The highest BCUT2D eigenvalue weighted by Gasteiger charge is 2.13. The molecule has 0 aliphatic heterocycles. The largest absolute Gasteiger partial charge is 0.326 e. The smallest absolute Gasteiger partial charge is 0.137 e. The Bertz CT molecular complexity index is 561. The molecule has 1 N–H and O–H groups in total. The van der Waals surface area contributed by atoms with E-state index in [9.17, 15) is 0 Å². The van der Waals surface area contributed by atoms with E-state index in [4.69, 9.17) is 0 Å². The first-order chi connectivity index (χ1) is 10.1. The fraction of sp³-hybridized carbons (Fsp3) is 0.389. The number of benzene rings is 1. The second-order valence-electron chi connectivity index (χ2n) is 5.60. The number of hydrogen-bond acceptors (Lipinski definition) is 3. The van der Waals surface area contributed by atoms with Gasteiger partial charge in [-0.3, -0.25) is 0 Å². The molecule has 21 heavy (non-hydrogen) atoms. The highest BCUT2D eigenvalue weighted by atomic mass is 15.2. The molecule has 0 bridgehead atoms. The normalized spacial score (nSPS) is 10.9. The minimum atomic E-state index is 0.465. The summed E-state index contributed by atoms with van der Waals surface area (Å²) in [6.45, 7) is 10.3. The number of aromatic nitrogens is 1. The van der Waals surface area contributed by atoms with Gasteiger partial charge in [0, 0.05) is 36.6 Å². The summed E-state index contributed by atoms with van der Waals surface area (Å²) >= 11 is 0. The maximum absolute atomic E-state index is 4.61. The van der Waals surface area contributed by atoms with Crippen LogP contribution in [0.15, 0.2) is 42.6 Å². The van der Waals surface area contributed by atoms with Crippen LogP contribution >= 0.6 is 0 Å². The van der Waals surface area contributed by atoms with Gasteiger partial charge in [-0.1, -0.05) is 37.6 Å². The Morgan fingerprint density at radius 2 is 1.86 bits per heavy atom. The summed E-state index contributed by atoms with van der Waals surface area (Å²) in [6, 6.07) is 13.2. The van der Waals surface area contributed by atoms with Crippen LogP contribution in [0.1, 0.15) is 31.9 Å². The van der Waals surface area contributed by atoms with Crippen molar-refractivity contribution in [3.05, 3.63) is 53.7 Å². The van der Waals surface area contributed by atoms with Gasteiger partial charge in [0.1, 0.15) is 5.82 Å². The highest BCUT2D eigenvalue weighted by Crippen LogP contribution is 2.26. The van der Waals surface area contributed by atoms with Crippen LogP contribution in [0.5, 0.6) is 0 Å². The molecule has 0 aliphatic rings. The van der Waals surface area contributed by atoms with E-state index in [0.717, 1.165) is 18.9 Å². The van der Waals surface area contributed by atoms with Crippen LogP contribution in [0.4, 0.5) is 11.5 Å². The van der Waals surface area contributed by atoms with Crippen molar-refractivity contribution in [3.63, 3.8) is 0 Å². The third-order valence-electron chi connectivity index (χ3n) is 3.49. The Hall–Kier alpha value is -1.87. The fourth-order valence-electron chi connectivity index (χ4n) is 2.30. The van der Waals surface area contributed by atoms with Crippen LogP contribution in [0.2, 0.25) is 0 Å². The van der Waals surface area contributed by atoms with Crippen LogP contribution in [0.3, 0.4) is 0 Å². The fourth-order valence-corrected chi connectivity index (χ4v) is 2.30. The summed E-state index contributed by atoms with van der Waals surface area (Å²) in [4.78, 5) is 6.87. The summed E-state index contributed by atoms with van der Waals surface area (Å²) in [6.07, 6.45) is 1.87. The van der Waals surface area contributed by atoms with Gasteiger partial charge in [0.15, 0.2) is 0 Å². The van der Waals surface area contributed by atoms with E-state index < -0.39 is 0 Å². The molecule has 1 aromatic heterocycles. The van der Waals surface area contributed by atoms with Crippen molar-refractivity contribution >= 4 is 11.5 Å². The van der Waals surface area contributed by atoms with E-state index >= 15 is 0 Å². The lowest BCUT2D eigenvalue weighted by atomic mass is 10.2. The summed E-state index contributed by atoms with van der Waals surface area (Å²) < 4.78 is 0. The van der Waals surface area contributed by atoms with Gasteiger partial charge < -0.3 is 10.2 Å². The van der Waals surface area contributed by atoms with E-state index in [1.54, 1.807) is 0 Å². The summed E-state index contributed by atoms with van der Waals surface area (Å²) in [5, 5.41) is 3.48. The molecule has 0 unspecified atom stereocenters. The molecule has 0 saturated carbocycles. The highest BCUT2D eigenvalue weighted by molar-refractivity contribution is 5.63.